The predicted octanol–water partition coefficient (Wildman–Crippen LogP) is 1.22. The van der Waals surface area contributed by atoms with Crippen LogP contribution in [0.4, 0.5) is 0 Å². The van der Waals surface area contributed by atoms with E-state index < -0.39 is 0 Å². The number of carbonyl (C=O) groups excluding carboxylic acids is 1. The third kappa shape index (κ3) is 5.82. The Morgan fingerprint density at radius 2 is 2.28 bits per heavy atom. The van der Waals surface area contributed by atoms with Gasteiger partial charge in [0.2, 0.25) is 5.91 Å². The molecule has 102 valence electrons. The van der Waals surface area contributed by atoms with E-state index in [2.05, 4.69) is 29.1 Å². The lowest BCUT2D eigenvalue weighted by Gasteiger charge is -2.23. The number of rotatable bonds is 8. The Kier molecular flexibility index (Phi) is 5.85. The van der Waals surface area contributed by atoms with Crippen LogP contribution in [0, 0.1) is 5.41 Å². The summed E-state index contributed by atoms with van der Waals surface area (Å²) < 4.78 is 0. The van der Waals surface area contributed by atoms with E-state index in [1.807, 2.05) is 0 Å². The van der Waals surface area contributed by atoms with Crippen LogP contribution in [0.2, 0.25) is 0 Å². The van der Waals surface area contributed by atoms with Crippen molar-refractivity contribution in [1.29, 1.82) is 0 Å². The zero-order chi connectivity index (χ0) is 13.4. The highest BCUT2D eigenvalue weighted by atomic mass is 16.1. The van der Waals surface area contributed by atoms with E-state index in [-0.39, 0.29) is 11.3 Å². The lowest BCUT2D eigenvalue weighted by molar-refractivity contribution is -0.121. The maximum Gasteiger partial charge on any atom is 0.220 e. The van der Waals surface area contributed by atoms with Crippen LogP contribution in [0.25, 0.3) is 0 Å². The molecule has 0 spiro atoms. The number of hydrogen-bond acceptors (Lipinski definition) is 3. The highest BCUT2D eigenvalue weighted by Gasteiger charge is 2.17. The van der Waals surface area contributed by atoms with Gasteiger partial charge in [-0.3, -0.25) is 4.79 Å². The summed E-state index contributed by atoms with van der Waals surface area (Å²) in [6.45, 7) is 5.63. The van der Waals surface area contributed by atoms with Crippen LogP contribution < -0.4 is 11.1 Å². The van der Waals surface area contributed by atoms with Gasteiger partial charge in [-0.2, -0.15) is 0 Å². The average molecular weight is 252 g/mol. The minimum absolute atomic E-state index is 0.111. The molecule has 1 aromatic heterocycles. The molecule has 0 atom stereocenters. The molecule has 1 aromatic rings. The first kappa shape index (κ1) is 14.7. The molecule has 0 unspecified atom stereocenters. The van der Waals surface area contributed by atoms with Gasteiger partial charge in [0.15, 0.2) is 0 Å². The number of carbonyl (C=O) groups is 1. The van der Waals surface area contributed by atoms with Gasteiger partial charge in [-0.25, -0.2) is 4.98 Å². The third-order valence-corrected chi connectivity index (χ3v) is 3.12. The fourth-order valence-electron chi connectivity index (χ4n) is 1.81. The quantitative estimate of drug-likeness (QED) is 0.650. The molecule has 0 radical (unpaired) electrons. The van der Waals surface area contributed by atoms with Crippen molar-refractivity contribution < 1.29 is 4.79 Å². The zero-order valence-corrected chi connectivity index (χ0v) is 11.3. The summed E-state index contributed by atoms with van der Waals surface area (Å²) in [5.74, 6) is 0.111. The van der Waals surface area contributed by atoms with E-state index in [1.165, 1.54) is 0 Å². The monoisotopic (exact) mass is 252 g/mol. The summed E-state index contributed by atoms with van der Waals surface area (Å²) in [6, 6.07) is 0. The number of hydrogen-bond donors (Lipinski definition) is 3. The molecule has 4 N–H and O–H groups in total. The molecule has 1 rings (SSSR count). The van der Waals surface area contributed by atoms with Crippen LogP contribution in [0.5, 0.6) is 0 Å². The van der Waals surface area contributed by atoms with Crippen LogP contribution in [0.1, 0.15) is 38.8 Å². The van der Waals surface area contributed by atoms with Crippen LogP contribution in [-0.2, 0) is 11.2 Å². The molecule has 0 aliphatic carbocycles. The second kappa shape index (κ2) is 7.16. The van der Waals surface area contributed by atoms with Crippen molar-refractivity contribution in [3.8, 4) is 0 Å². The van der Waals surface area contributed by atoms with Crippen LogP contribution in [-0.4, -0.2) is 29.0 Å². The van der Waals surface area contributed by atoms with Gasteiger partial charge in [0.05, 0.1) is 6.33 Å². The average Bonchev–Trinajstić information content (AvgIpc) is 2.79. The van der Waals surface area contributed by atoms with E-state index in [1.54, 1.807) is 12.5 Å². The minimum Gasteiger partial charge on any atom is -0.356 e. The lowest BCUT2D eigenvalue weighted by Crippen LogP contribution is -2.27. The Balaban J connectivity index is 2.14. The molecule has 5 heteroatoms. The second-order valence-electron chi connectivity index (χ2n) is 5.38. The van der Waals surface area contributed by atoms with Gasteiger partial charge in [0.1, 0.15) is 0 Å². The standard InChI is InChI=1S/C13H24N4O/c1-13(2,6-7-14)5-3-12(18)16-8-4-11-9-15-10-17-11/h9-10H,3-8,14H2,1-2H3,(H,15,17)(H,16,18). The number of imidazole rings is 1. The van der Waals surface area contributed by atoms with Gasteiger partial charge in [-0.1, -0.05) is 13.8 Å². The molecular weight excluding hydrogens is 228 g/mol. The summed E-state index contributed by atoms with van der Waals surface area (Å²) in [5, 5.41) is 2.92. The maximum absolute atomic E-state index is 11.7. The van der Waals surface area contributed by atoms with Crippen molar-refractivity contribution in [1.82, 2.24) is 15.3 Å². The van der Waals surface area contributed by atoms with Gasteiger partial charge in [0, 0.05) is 31.3 Å². The molecule has 0 saturated carbocycles. The molecule has 0 aliphatic heterocycles. The van der Waals surface area contributed by atoms with E-state index >= 15 is 0 Å². The van der Waals surface area contributed by atoms with E-state index in [9.17, 15) is 4.79 Å². The van der Waals surface area contributed by atoms with Crippen molar-refractivity contribution >= 4 is 5.91 Å². The number of amides is 1. The fourth-order valence-corrected chi connectivity index (χ4v) is 1.81. The lowest BCUT2D eigenvalue weighted by atomic mass is 9.84. The first-order valence-electron chi connectivity index (χ1n) is 6.47. The van der Waals surface area contributed by atoms with Crippen LogP contribution in [0.15, 0.2) is 12.5 Å². The van der Waals surface area contributed by atoms with Gasteiger partial charge >= 0.3 is 0 Å². The molecule has 0 aliphatic rings. The smallest absolute Gasteiger partial charge is 0.220 e. The Bertz CT molecular complexity index is 346. The highest BCUT2D eigenvalue weighted by molar-refractivity contribution is 5.75. The van der Waals surface area contributed by atoms with Crippen LogP contribution >= 0.6 is 0 Å². The van der Waals surface area contributed by atoms with Crippen molar-refractivity contribution in [2.45, 2.75) is 39.5 Å². The summed E-state index contributed by atoms with van der Waals surface area (Å²) in [7, 11) is 0. The molecule has 0 aromatic carbocycles. The Morgan fingerprint density at radius 3 is 2.89 bits per heavy atom. The topological polar surface area (TPSA) is 83.8 Å². The van der Waals surface area contributed by atoms with E-state index in [0.717, 1.165) is 25.0 Å². The minimum atomic E-state index is 0.111. The van der Waals surface area contributed by atoms with Crippen molar-refractivity contribution in [2.24, 2.45) is 11.1 Å². The number of aromatic amines is 1. The van der Waals surface area contributed by atoms with Crippen molar-refractivity contribution in [3.63, 3.8) is 0 Å². The van der Waals surface area contributed by atoms with Gasteiger partial charge in [0.25, 0.3) is 0 Å². The summed E-state index contributed by atoms with van der Waals surface area (Å²) in [5.41, 5.74) is 6.73. The Hall–Kier alpha value is -1.36. The number of nitrogens with two attached hydrogens (primary N) is 1. The second-order valence-corrected chi connectivity index (χ2v) is 5.38. The first-order chi connectivity index (χ1) is 8.53. The highest BCUT2D eigenvalue weighted by Crippen LogP contribution is 2.25. The normalized spacial score (nSPS) is 11.5. The SMILES string of the molecule is CC(C)(CCN)CCC(=O)NCCc1cnc[nH]1. The summed E-state index contributed by atoms with van der Waals surface area (Å²) >= 11 is 0. The van der Waals surface area contributed by atoms with Gasteiger partial charge in [-0.15, -0.1) is 0 Å². The van der Waals surface area contributed by atoms with Crippen LogP contribution in [0.3, 0.4) is 0 Å². The van der Waals surface area contributed by atoms with Gasteiger partial charge < -0.3 is 16.0 Å². The maximum atomic E-state index is 11.7. The van der Waals surface area contributed by atoms with Crippen molar-refractivity contribution in [3.05, 3.63) is 18.2 Å². The summed E-state index contributed by atoms with van der Waals surface area (Å²) in [6.07, 6.45) is 6.60. The molecule has 0 saturated heterocycles. The van der Waals surface area contributed by atoms with Crippen molar-refractivity contribution in [2.75, 3.05) is 13.1 Å². The number of nitrogens with zero attached hydrogens (tertiary/aromatic N) is 1. The third-order valence-electron chi connectivity index (χ3n) is 3.12. The molecule has 18 heavy (non-hydrogen) atoms. The molecule has 1 heterocycles. The number of nitrogens with one attached hydrogen (secondary N) is 2. The first-order valence-corrected chi connectivity index (χ1v) is 6.47. The zero-order valence-electron chi connectivity index (χ0n) is 11.3. The molecule has 5 nitrogen and oxygen atoms in total. The molecular formula is C13H24N4O. The van der Waals surface area contributed by atoms with E-state index in [4.69, 9.17) is 5.73 Å². The number of aromatic nitrogens is 2. The van der Waals surface area contributed by atoms with Gasteiger partial charge in [-0.05, 0) is 24.8 Å². The van der Waals surface area contributed by atoms with E-state index in [0.29, 0.717) is 19.5 Å². The largest absolute Gasteiger partial charge is 0.356 e. The Labute approximate surface area is 109 Å². The Morgan fingerprint density at radius 1 is 1.50 bits per heavy atom. The molecule has 0 bridgehead atoms. The molecule has 0 fully saturated rings. The summed E-state index contributed by atoms with van der Waals surface area (Å²) in [4.78, 5) is 18.6. The fraction of sp³-hybridized carbons (Fsp3) is 0.692. The number of H-pyrrole nitrogens is 1. The predicted molar refractivity (Wildman–Crippen MR) is 72.0 cm³/mol. The molecule has 1 amide bonds.